The molecular formula is C9H11BrN6. The van der Waals surface area contributed by atoms with Gasteiger partial charge in [-0.15, -0.1) is 5.10 Å². The molecule has 0 fully saturated rings. The topological polar surface area (TPSA) is 72.9 Å². The van der Waals surface area contributed by atoms with Gasteiger partial charge in [0, 0.05) is 24.8 Å². The molecule has 0 atom stereocenters. The minimum absolute atomic E-state index is 0.318. The summed E-state index contributed by atoms with van der Waals surface area (Å²) in [5.74, 6) is 1.52. The summed E-state index contributed by atoms with van der Waals surface area (Å²) in [5, 5.41) is 4.24. The number of pyridine rings is 1. The number of nitrogen functional groups attached to an aromatic ring is 1. The van der Waals surface area contributed by atoms with Crippen LogP contribution >= 0.6 is 15.9 Å². The molecule has 7 heteroatoms. The standard InChI is InChI=1S/C9H11BrN6/c1-15(2)9-13-8(11)16(14-9)7-4-3-6(10)5-12-7/h3-5H,1-2H3,(H2,11,13,14). The van der Waals surface area contributed by atoms with Crippen LogP contribution in [-0.4, -0.2) is 33.8 Å². The van der Waals surface area contributed by atoms with E-state index in [0.29, 0.717) is 17.7 Å². The molecule has 2 aromatic heterocycles. The highest BCUT2D eigenvalue weighted by Crippen LogP contribution is 2.15. The van der Waals surface area contributed by atoms with Crippen LogP contribution in [0, 0.1) is 0 Å². The van der Waals surface area contributed by atoms with Crippen molar-refractivity contribution < 1.29 is 0 Å². The van der Waals surface area contributed by atoms with Gasteiger partial charge in [0.05, 0.1) is 0 Å². The minimum atomic E-state index is 0.318. The number of rotatable bonds is 2. The molecule has 2 N–H and O–H groups in total. The number of anilines is 2. The Morgan fingerprint density at radius 3 is 2.62 bits per heavy atom. The van der Waals surface area contributed by atoms with E-state index < -0.39 is 0 Å². The zero-order valence-electron chi connectivity index (χ0n) is 8.92. The second kappa shape index (κ2) is 4.09. The van der Waals surface area contributed by atoms with E-state index in [1.54, 1.807) is 11.1 Å². The lowest BCUT2D eigenvalue weighted by atomic mass is 10.5. The number of aromatic nitrogens is 4. The lowest BCUT2D eigenvalue weighted by Crippen LogP contribution is -2.11. The van der Waals surface area contributed by atoms with E-state index in [2.05, 4.69) is 31.0 Å². The van der Waals surface area contributed by atoms with E-state index in [-0.39, 0.29) is 0 Å². The predicted molar refractivity (Wildman–Crippen MR) is 65.6 cm³/mol. The van der Waals surface area contributed by atoms with Crippen molar-refractivity contribution in [2.75, 3.05) is 24.7 Å². The van der Waals surface area contributed by atoms with Crippen LogP contribution in [0.4, 0.5) is 11.9 Å². The Balaban J connectivity index is 2.44. The van der Waals surface area contributed by atoms with Gasteiger partial charge in [-0.25, -0.2) is 4.98 Å². The average Bonchev–Trinajstić information content (AvgIpc) is 2.62. The Morgan fingerprint density at radius 2 is 2.12 bits per heavy atom. The first-order chi connectivity index (χ1) is 7.58. The van der Waals surface area contributed by atoms with Gasteiger partial charge in [-0.05, 0) is 28.1 Å². The van der Waals surface area contributed by atoms with Crippen LogP contribution < -0.4 is 10.6 Å². The SMILES string of the molecule is CN(C)c1nc(N)n(-c2ccc(Br)cn2)n1. The van der Waals surface area contributed by atoms with Gasteiger partial charge in [0.15, 0.2) is 5.82 Å². The second-order valence-corrected chi connectivity index (χ2v) is 4.33. The molecule has 0 aliphatic carbocycles. The Kier molecular flexibility index (Phi) is 2.78. The largest absolute Gasteiger partial charge is 0.368 e. The Labute approximate surface area is 101 Å². The molecule has 0 bridgehead atoms. The third-order valence-corrected chi connectivity index (χ3v) is 2.42. The fraction of sp³-hybridized carbons (Fsp3) is 0.222. The van der Waals surface area contributed by atoms with Crippen LogP contribution in [0.25, 0.3) is 5.82 Å². The zero-order valence-corrected chi connectivity index (χ0v) is 10.5. The summed E-state index contributed by atoms with van der Waals surface area (Å²) in [7, 11) is 3.71. The van der Waals surface area contributed by atoms with Crippen molar-refractivity contribution in [1.82, 2.24) is 19.7 Å². The van der Waals surface area contributed by atoms with Crippen LogP contribution in [0.5, 0.6) is 0 Å². The zero-order chi connectivity index (χ0) is 11.7. The first kappa shape index (κ1) is 10.9. The van der Waals surface area contributed by atoms with Crippen LogP contribution in [0.1, 0.15) is 0 Å². The van der Waals surface area contributed by atoms with Crippen molar-refractivity contribution in [2.45, 2.75) is 0 Å². The molecule has 0 spiro atoms. The molecule has 6 nitrogen and oxygen atoms in total. The summed E-state index contributed by atoms with van der Waals surface area (Å²) in [4.78, 5) is 10.1. The van der Waals surface area contributed by atoms with Crippen molar-refractivity contribution >= 4 is 27.8 Å². The molecule has 0 amide bonds. The molecule has 0 saturated carbocycles. The summed E-state index contributed by atoms with van der Waals surface area (Å²) in [6.45, 7) is 0. The first-order valence-electron chi connectivity index (χ1n) is 4.59. The van der Waals surface area contributed by atoms with Crippen LogP contribution in [0.2, 0.25) is 0 Å². The molecule has 2 aromatic rings. The highest BCUT2D eigenvalue weighted by molar-refractivity contribution is 9.10. The smallest absolute Gasteiger partial charge is 0.246 e. The fourth-order valence-corrected chi connectivity index (χ4v) is 1.40. The van der Waals surface area contributed by atoms with Gasteiger partial charge in [0.1, 0.15) is 0 Å². The molecule has 0 aliphatic heterocycles. The van der Waals surface area contributed by atoms with Gasteiger partial charge >= 0.3 is 0 Å². The van der Waals surface area contributed by atoms with Crippen molar-refractivity contribution in [3.63, 3.8) is 0 Å². The average molecular weight is 283 g/mol. The summed E-state index contributed by atoms with van der Waals surface area (Å²) in [6.07, 6.45) is 1.69. The predicted octanol–water partition coefficient (Wildman–Crippen LogP) is 1.07. The van der Waals surface area contributed by atoms with Crippen LogP contribution in [0.15, 0.2) is 22.8 Å². The summed E-state index contributed by atoms with van der Waals surface area (Å²) >= 11 is 3.32. The molecular weight excluding hydrogens is 272 g/mol. The summed E-state index contributed by atoms with van der Waals surface area (Å²) in [6, 6.07) is 3.69. The molecule has 0 radical (unpaired) electrons. The van der Waals surface area contributed by atoms with E-state index in [9.17, 15) is 0 Å². The third-order valence-electron chi connectivity index (χ3n) is 1.95. The quantitative estimate of drug-likeness (QED) is 0.892. The van der Waals surface area contributed by atoms with Gasteiger partial charge in [0.25, 0.3) is 0 Å². The van der Waals surface area contributed by atoms with E-state index in [4.69, 9.17) is 5.73 Å². The molecule has 2 rings (SSSR count). The highest BCUT2D eigenvalue weighted by atomic mass is 79.9. The number of hydrogen-bond donors (Lipinski definition) is 1. The molecule has 16 heavy (non-hydrogen) atoms. The number of nitrogens with two attached hydrogens (primary N) is 1. The fourth-order valence-electron chi connectivity index (χ4n) is 1.16. The molecule has 0 aromatic carbocycles. The van der Waals surface area contributed by atoms with Crippen LogP contribution in [0.3, 0.4) is 0 Å². The van der Waals surface area contributed by atoms with Gasteiger partial charge in [-0.1, -0.05) is 0 Å². The molecule has 0 aliphatic rings. The lowest BCUT2D eigenvalue weighted by molar-refractivity contribution is 0.845. The monoisotopic (exact) mass is 282 g/mol. The number of hydrogen-bond acceptors (Lipinski definition) is 5. The van der Waals surface area contributed by atoms with E-state index >= 15 is 0 Å². The Hall–Kier alpha value is -1.63. The van der Waals surface area contributed by atoms with E-state index in [1.807, 2.05) is 26.2 Å². The van der Waals surface area contributed by atoms with Crippen LogP contribution in [-0.2, 0) is 0 Å². The van der Waals surface area contributed by atoms with Crippen molar-refractivity contribution in [1.29, 1.82) is 0 Å². The first-order valence-corrected chi connectivity index (χ1v) is 5.39. The third kappa shape index (κ3) is 1.99. The van der Waals surface area contributed by atoms with Gasteiger partial charge < -0.3 is 10.6 Å². The molecule has 0 saturated heterocycles. The normalized spacial score (nSPS) is 10.4. The maximum atomic E-state index is 5.76. The van der Waals surface area contributed by atoms with Gasteiger partial charge in [-0.3, -0.25) is 0 Å². The number of halogens is 1. The maximum Gasteiger partial charge on any atom is 0.246 e. The van der Waals surface area contributed by atoms with E-state index in [0.717, 1.165) is 4.47 Å². The Bertz CT molecular complexity index is 489. The van der Waals surface area contributed by atoms with Gasteiger partial charge in [0.2, 0.25) is 11.9 Å². The Morgan fingerprint density at radius 1 is 1.38 bits per heavy atom. The molecule has 0 unspecified atom stereocenters. The van der Waals surface area contributed by atoms with Gasteiger partial charge in [-0.2, -0.15) is 9.67 Å². The van der Waals surface area contributed by atoms with Crippen molar-refractivity contribution in [3.8, 4) is 5.82 Å². The lowest BCUT2D eigenvalue weighted by Gasteiger charge is -2.04. The van der Waals surface area contributed by atoms with Crippen molar-refractivity contribution in [2.24, 2.45) is 0 Å². The summed E-state index contributed by atoms with van der Waals surface area (Å²) < 4.78 is 2.41. The van der Waals surface area contributed by atoms with Crippen molar-refractivity contribution in [3.05, 3.63) is 22.8 Å². The number of nitrogens with zero attached hydrogens (tertiary/aromatic N) is 5. The summed E-state index contributed by atoms with van der Waals surface area (Å²) in [5.41, 5.74) is 5.76. The molecule has 2 heterocycles. The molecule has 84 valence electrons. The second-order valence-electron chi connectivity index (χ2n) is 3.41. The maximum absolute atomic E-state index is 5.76. The van der Waals surface area contributed by atoms with E-state index in [1.165, 1.54) is 4.68 Å². The minimum Gasteiger partial charge on any atom is -0.368 e. The highest BCUT2D eigenvalue weighted by Gasteiger charge is 2.10.